The molecule has 1 saturated heterocycles. The molecule has 0 aromatic heterocycles. The Labute approximate surface area is 137 Å². The highest BCUT2D eigenvalue weighted by atomic mass is 35.5. The van der Waals surface area contributed by atoms with E-state index in [1.807, 2.05) is 12.1 Å². The smallest absolute Gasteiger partial charge is 0.152 e. The van der Waals surface area contributed by atoms with Crippen molar-refractivity contribution in [1.82, 2.24) is 4.90 Å². The van der Waals surface area contributed by atoms with E-state index < -0.39 is 0 Å². The molecule has 2 nitrogen and oxygen atoms in total. The number of hydrogen-bond donors (Lipinski definition) is 0. The number of benzene rings is 2. The number of hydrogen-bond acceptors (Lipinski definition) is 2. The number of likely N-dealkylation sites (tertiary alicyclic amines) is 1. The molecule has 2 aromatic rings. The number of nitrogens with zero attached hydrogens (tertiary/aromatic N) is 1. The Morgan fingerprint density at radius 1 is 1.05 bits per heavy atom. The number of halogens is 1. The second kappa shape index (κ2) is 7.17. The van der Waals surface area contributed by atoms with Gasteiger partial charge in [-0.05, 0) is 61.2 Å². The fourth-order valence-electron chi connectivity index (χ4n) is 2.97. The molecule has 0 amide bonds. The molecule has 0 saturated carbocycles. The van der Waals surface area contributed by atoms with E-state index in [4.69, 9.17) is 16.3 Å². The summed E-state index contributed by atoms with van der Waals surface area (Å²) in [6.45, 7) is 4.39. The summed E-state index contributed by atoms with van der Waals surface area (Å²) in [5.74, 6) is 0.963. The van der Waals surface area contributed by atoms with E-state index in [1.54, 1.807) is 0 Å². The zero-order chi connectivity index (χ0) is 15.4. The normalized spacial score (nSPS) is 18.5. The first kappa shape index (κ1) is 15.4. The van der Waals surface area contributed by atoms with Gasteiger partial charge in [-0.3, -0.25) is 4.90 Å². The maximum Gasteiger partial charge on any atom is 0.152 e. The second-order valence-corrected chi connectivity index (χ2v) is 6.23. The van der Waals surface area contributed by atoms with Crippen molar-refractivity contribution < 1.29 is 4.74 Å². The lowest BCUT2D eigenvalue weighted by Crippen LogP contribution is -2.33. The Hall–Kier alpha value is -1.51. The zero-order valence-corrected chi connectivity index (χ0v) is 13.7. The molecule has 0 spiro atoms. The molecule has 0 radical (unpaired) electrons. The predicted molar refractivity (Wildman–Crippen MR) is 91.6 cm³/mol. The molecular weight excluding hydrogens is 294 g/mol. The Bertz CT molecular complexity index is 594. The molecule has 3 heteroatoms. The van der Waals surface area contributed by atoms with Crippen LogP contribution in [0.2, 0.25) is 5.02 Å². The highest BCUT2D eigenvalue weighted by molar-refractivity contribution is 6.30. The molecular formula is C19H22ClNO. The van der Waals surface area contributed by atoms with Crippen LogP contribution in [0, 0.1) is 0 Å². The predicted octanol–water partition coefficient (Wildman–Crippen LogP) is 4.75. The monoisotopic (exact) mass is 315 g/mol. The first-order valence-corrected chi connectivity index (χ1v) is 8.36. The third-order valence-corrected chi connectivity index (χ3v) is 4.48. The van der Waals surface area contributed by atoms with Crippen molar-refractivity contribution in [2.45, 2.75) is 32.4 Å². The minimum Gasteiger partial charge on any atom is -0.475 e. The summed E-state index contributed by atoms with van der Waals surface area (Å²) in [6.07, 6.45) is 3.52. The van der Waals surface area contributed by atoms with Crippen LogP contribution in [0.25, 0.3) is 0 Å². The standard InChI is InChI=1S/C19H22ClNO/c1-2-21-13-3-4-19(21)22-18-11-7-16(8-12-18)14-15-5-9-17(20)10-6-15/h5-12,19H,2-4,13-14H2,1H3. The van der Waals surface area contributed by atoms with Gasteiger partial charge in [-0.2, -0.15) is 0 Å². The second-order valence-electron chi connectivity index (χ2n) is 5.79. The molecule has 1 fully saturated rings. The summed E-state index contributed by atoms with van der Waals surface area (Å²) in [6, 6.07) is 16.5. The van der Waals surface area contributed by atoms with Crippen LogP contribution in [0.5, 0.6) is 5.75 Å². The van der Waals surface area contributed by atoms with E-state index in [9.17, 15) is 0 Å². The third kappa shape index (κ3) is 3.82. The first-order chi connectivity index (χ1) is 10.7. The Kier molecular flexibility index (Phi) is 5.01. The van der Waals surface area contributed by atoms with E-state index in [0.717, 1.165) is 36.7 Å². The van der Waals surface area contributed by atoms with Gasteiger partial charge in [-0.15, -0.1) is 0 Å². The van der Waals surface area contributed by atoms with Crippen LogP contribution < -0.4 is 4.74 Å². The summed E-state index contributed by atoms with van der Waals surface area (Å²) >= 11 is 5.92. The topological polar surface area (TPSA) is 12.5 Å². The fourth-order valence-corrected chi connectivity index (χ4v) is 3.10. The Balaban J connectivity index is 1.61. The average molecular weight is 316 g/mol. The van der Waals surface area contributed by atoms with Gasteiger partial charge in [0.2, 0.25) is 0 Å². The average Bonchev–Trinajstić information content (AvgIpc) is 2.99. The highest BCUT2D eigenvalue weighted by Gasteiger charge is 2.24. The van der Waals surface area contributed by atoms with Crippen molar-refractivity contribution in [3.05, 3.63) is 64.7 Å². The molecule has 2 aromatic carbocycles. The molecule has 22 heavy (non-hydrogen) atoms. The van der Waals surface area contributed by atoms with Gasteiger partial charge in [0.1, 0.15) is 5.75 Å². The van der Waals surface area contributed by atoms with Crippen LogP contribution in [-0.2, 0) is 6.42 Å². The van der Waals surface area contributed by atoms with Crippen molar-refractivity contribution >= 4 is 11.6 Å². The van der Waals surface area contributed by atoms with Crippen LogP contribution in [0.15, 0.2) is 48.5 Å². The van der Waals surface area contributed by atoms with Crippen LogP contribution >= 0.6 is 11.6 Å². The van der Waals surface area contributed by atoms with Crippen molar-refractivity contribution in [3.63, 3.8) is 0 Å². The maximum atomic E-state index is 6.11. The SMILES string of the molecule is CCN1CCCC1Oc1ccc(Cc2ccc(Cl)cc2)cc1. The third-order valence-electron chi connectivity index (χ3n) is 4.23. The van der Waals surface area contributed by atoms with E-state index in [1.165, 1.54) is 17.5 Å². The minimum absolute atomic E-state index is 0.243. The van der Waals surface area contributed by atoms with Crippen molar-refractivity contribution in [1.29, 1.82) is 0 Å². The summed E-state index contributed by atoms with van der Waals surface area (Å²) in [5, 5.41) is 0.782. The van der Waals surface area contributed by atoms with Crippen LogP contribution in [0.1, 0.15) is 30.9 Å². The maximum absolute atomic E-state index is 6.11. The van der Waals surface area contributed by atoms with Crippen molar-refractivity contribution in [2.24, 2.45) is 0 Å². The molecule has 1 atom stereocenters. The van der Waals surface area contributed by atoms with E-state index in [0.29, 0.717) is 0 Å². The Morgan fingerprint density at radius 3 is 2.32 bits per heavy atom. The van der Waals surface area contributed by atoms with Gasteiger partial charge >= 0.3 is 0 Å². The van der Waals surface area contributed by atoms with Gasteiger partial charge in [0.05, 0.1) is 0 Å². The fraction of sp³-hybridized carbons (Fsp3) is 0.368. The van der Waals surface area contributed by atoms with Gasteiger partial charge in [0, 0.05) is 11.6 Å². The summed E-state index contributed by atoms with van der Waals surface area (Å²) < 4.78 is 6.11. The van der Waals surface area contributed by atoms with Crippen LogP contribution in [0.4, 0.5) is 0 Å². The van der Waals surface area contributed by atoms with Gasteiger partial charge in [-0.25, -0.2) is 0 Å². The number of rotatable bonds is 5. The largest absolute Gasteiger partial charge is 0.475 e. The molecule has 116 valence electrons. The van der Waals surface area contributed by atoms with Crippen molar-refractivity contribution in [2.75, 3.05) is 13.1 Å². The molecule has 0 N–H and O–H groups in total. The molecule has 1 heterocycles. The lowest BCUT2D eigenvalue weighted by molar-refractivity contribution is 0.0650. The molecule has 3 rings (SSSR count). The Morgan fingerprint density at radius 2 is 1.68 bits per heavy atom. The van der Waals surface area contributed by atoms with Gasteiger partial charge in [0.15, 0.2) is 6.23 Å². The lowest BCUT2D eigenvalue weighted by atomic mass is 10.1. The van der Waals surface area contributed by atoms with Crippen LogP contribution in [0.3, 0.4) is 0 Å². The summed E-state index contributed by atoms with van der Waals surface area (Å²) in [5.41, 5.74) is 2.56. The highest BCUT2D eigenvalue weighted by Crippen LogP contribution is 2.23. The first-order valence-electron chi connectivity index (χ1n) is 7.98. The van der Waals surface area contributed by atoms with Crippen LogP contribution in [-0.4, -0.2) is 24.2 Å². The molecule has 1 aliphatic rings. The zero-order valence-electron chi connectivity index (χ0n) is 13.0. The summed E-state index contributed by atoms with van der Waals surface area (Å²) in [4.78, 5) is 2.39. The van der Waals surface area contributed by atoms with E-state index >= 15 is 0 Å². The molecule has 0 bridgehead atoms. The van der Waals surface area contributed by atoms with E-state index in [-0.39, 0.29) is 6.23 Å². The lowest BCUT2D eigenvalue weighted by Gasteiger charge is -2.23. The molecule has 1 unspecified atom stereocenters. The van der Waals surface area contributed by atoms with Gasteiger partial charge in [0.25, 0.3) is 0 Å². The molecule has 1 aliphatic heterocycles. The minimum atomic E-state index is 0.243. The van der Waals surface area contributed by atoms with Gasteiger partial charge in [-0.1, -0.05) is 42.8 Å². The van der Waals surface area contributed by atoms with E-state index in [2.05, 4.69) is 48.2 Å². The summed E-state index contributed by atoms with van der Waals surface area (Å²) in [7, 11) is 0. The number of ether oxygens (including phenoxy) is 1. The van der Waals surface area contributed by atoms with Gasteiger partial charge < -0.3 is 4.74 Å². The van der Waals surface area contributed by atoms with Crippen molar-refractivity contribution in [3.8, 4) is 5.75 Å². The molecule has 0 aliphatic carbocycles. The quantitative estimate of drug-likeness (QED) is 0.789.